The lowest BCUT2D eigenvalue weighted by Crippen LogP contribution is -2.57. The van der Waals surface area contributed by atoms with Crippen LogP contribution in [-0.2, 0) is 44.8 Å². The molecule has 7 atom stereocenters. The molecule has 2 fully saturated rings. The molecule has 4 rings (SSSR count). The topological polar surface area (TPSA) is 324 Å². The molecule has 0 radical (unpaired) electrons. The first kappa shape index (κ1) is 52.7. The molecule has 0 spiro atoms. The lowest BCUT2D eigenvalue weighted by molar-refractivity contribution is -0.137. The van der Waals surface area contributed by atoms with E-state index < -0.39 is 84.4 Å². The van der Waals surface area contributed by atoms with Crippen molar-refractivity contribution in [1.82, 2.24) is 53.0 Å². The molecular weight excluding hydrogens is 875 g/mol. The van der Waals surface area contributed by atoms with E-state index in [-0.39, 0.29) is 49.2 Å². The minimum absolute atomic E-state index is 0.000380. The van der Waals surface area contributed by atoms with Crippen molar-refractivity contribution in [3.63, 3.8) is 0 Å². The lowest BCUT2D eigenvalue weighted by atomic mass is 9.92. The number of thioether (sulfide) groups is 1. The van der Waals surface area contributed by atoms with E-state index in [1.807, 2.05) is 49.9 Å². The van der Waals surface area contributed by atoms with Crippen LogP contribution < -0.4 is 53.7 Å². The van der Waals surface area contributed by atoms with E-state index >= 15 is 0 Å². The molecule has 2 saturated heterocycles. The van der Waals surface area contributed by atoms with Gasteiger partial charge in [-0.1, -0.05) is 52.3 Å². The van der Waals surface area contributed by atoms with Crippen LogP contribution in [0.2, 0.25) is 0 Å². The number of carbonyl (C=O) groups is 9. The highest BCUT2D eigenvalue weighted by Gasteiger charge is 2.42. The highest BCUT2D eigenvalue weighted by Crippen LogP contribution is 2.33. The molecule has 22 heteroatoms. The summed E-state index contributed by atoms with van der Waals surface area (Å²) in [5.41, 5.74) is 8.55. The standard InChI is InChI=1S/C44H67N11O10S/c1-24(2)17-26(19-35(57)55-65)41(61)53-38(25(3)4)43(63)51-31(18-27-20-47-29-12-6-5-11-28(27)29)42(62)49-21-36(58)48-22-37(59)50-30(40(45)60)13-9-10-16-46-34(56)15-8-7-14-33-39-32(23-66-33)52-44(64)54-39/h5-6,11-12,20,24-26,30-33,38-39,47,65H,7-10,13-19,21-23H2,1-4H3,(H2,45,60)(H,46,56)(H,48,58)(H,49,62)(H,50,59)(H,51,63)(H,53,61)(H,55,57)(H2,52,54,64)/t26?,30-,31-,32-,33-,38-,39-/m0/s1. The molecule has 0 aliphatic carbocycles. The first-order valence-electron chi connectivity index (χ1n) is 22.6. The van der Waals surface area contributed by atoms with Gasteiger partial charge in [0.1, 0.15) is 18.1 Å². The number of hydrogen-bond acceptors (Lipinski definition) is 11. The van der Waals surface area contributed by atoms with Crippen LogP contribution in [0.15, 0.2) is 30.5 Å². The van der Waals surface area contributed by atoms with Crippen LogP contribution in [0.1, 0.15) is 91.0 Å². The number of carbonyl (C=O) groups excluding carboxylic acids is 9. The van der Waals surface area contributed by atoms with Crippen molar-refractivity contribution >= 4 is 76.0 Å². The van der Waals surface area contributed by atoms with Gasteiger partial charge in [-0.05, 0) is 62.0 Å². The van der Waals surface area contributed by atoms with Gasteiger partial charge in [0.2, 0.25) is 47.3 Å². The summed E-state index contributed by atoms with van der Waals surface area (Å²) in [6, 6.07) is 4.18. The largest absolute Gasteiger partial charge is 0.368 e. The van der Waals surface area contributed by atoms with Crippen molar-refractivity contribution < 1.29 is 48.4 Å². The number of fused-ring (bicyclic) bond motifs is 2. The minimum atomic E-state index is -1.22. The summed E-state index contributed by atoms with van der Waals surface area (Å²) in [5.74, 6) is -5.38. The average Bonchev–Trinajstić information content (AvgIpc) is 3.97. The summed E-state index contributed by atoms with van der Waals surface area (Å²) < 4.78 is 0. The Bertz CT molecular complexity index is 2030. The van der Waals surface area contributed by atoms with Gasteiger partial charge in [-0.25, -0.2) is 10.3 Å². The Hall–Kier alpha value is -5.90. The van der Waals surface area contributed by atoms with Gasteiger partial charge in [0.25, 0.3) is 0 Å². The predicted molar refractivity (Wildman–Crippen MR) is 246 cm³/mol. The molecule has 0 bridgehead atoms. The third-order valence-corrected chi connectivity index (χ3v) is 13.0. The van der Waals surface area contributed by atoms with Crippen molar-refractivity contribution in [3.05, 3.63) is 36.0 Å². The Kier molecular flexibility index (Phi) is 21.0. The fourth-order valence-corrected chi connectivity index (χ4v) is 9.59. The number of aromatic nitrogens is 1. The number of H-pyrrole nitrogens is 1. The maximum Gasteiger partial charge on any atom is 0.315 e. The summed E-state index contributed by atoms with van der Waals surface area (Å²) in [5, 5.41) is 31.8. The maximum atomic E-state index is 13.8. The predicted octanol–water partition coefficient (Wildman–Crippen LogP) is 0.109. The summed E-state index contributed by atoms with van der Waals surface area (Å²) >= 11 is 1.84. The van der Waals surface area contributed by atoms with E-state index in [1.54, 1.807) is 20.0 Å². The minimum Gasteiger partial charge on any atom is -0.368 e. The number of nitrogens with one attached hydrogen (secondary N) is 10. The van der Waals surface area contributed by atoms with E-state index in [0.29, 0.717) is 43.0 Å². The second kappa shape index (κ2) is 26.3. The van der Waals surface area contributed by atoms with Gasteiger partial charge in [0.05, 0.1) is 25.2 Å². The smallest absolute Gasteiger partial charge is 0.315 e. The number of aromatic amines is 1. The van der Waals surface area contributed by atoms with Crippen LogP contribution in [0.25, 0.3) is 10.9 Å². The maximum absolute atomic E-state index is 13.8. The van der Waals surface area contributed by atoms with Crippen molar-refractivity contribution in [2.24, 2.45) is 23.5 Å². The zero-order chi connectivity index (χ0) is 48.3. The van der Waals surface area contributed by atoms with E-state index in [2.05, 4.69) is 47.5 Å². The summed E-state index contributed by atoms with van der Waals surface area (Å²) in [6.45, 7) is 6.44. The molecule has 3 heterocycles. The van der Waals surface area contributed by atoms with Gasteiger partial charge in [-0.15, -0.1) is 0 Å². The fourth-order valence-electron chi connectivity index (χ4n) is 8.05. The Morgan fingerprint density at radius 1 is 0.803 bits per heavy atom. The SMILES string of the molecule is CC(C)CC(CC(=O)NO)C(=O)N[C@H](C(=O)N[C@@H](Cc1c[nH]c2ccccc12)C(=O)NCC(=O)NCC(=O)N[C@@H](CCCCNC(=O)CCCC[C@@H]1SC[C@@H]2NC(=O)N[C@@H]21)C(N)=O)C(C)C. The van der Waals surface area contributed by atoms with Crippen LogP contribution in [0.4, 0.5) is 4.79 Å². The van der Waals surface area contributed by atoms with Gasteiger partial charge in [0.15, 0.2) is 0 Å². The third-order valence-electron chi connectivity index (χ3n) is 11.5. The lowest BCUT2D eigenvalue weighted by Gasteiger charge is -2.27. The van der Waals surface area contributed by atoms with Gasteiger partial charge in [-0.3, -0.25) is 43.6 Å². The normalized spacial score (nSPS) is 18.2. The number of unbranched alkanes of at least 4 members (excludes halogenated alkanes) is 2. The number of hydroxylamine groups is 1. The number of nitrogens with two attached hydrogens (primary N) is 1. The molecule has 364 valence electrons. The highest BCUT2D eigenvalue weighted by atomic mass is 32.2. The molecule has 66 heavy (non-hydrogen) atoms. The first-order chi connectivity index (χ1) is 31.4. The van der Waals surface area contributed by atoms with Crippen molar-refractivity contribution in [2.75, 3.05) is 25.4 Å². The molecule has 2 aromatic rings. The average molecular weight is 942 g/mol. The second-order valence-electron chi connectivity index (χ2n) is 17.7. The molecular formula is C44H67N11O10S. The Morgan fingerprint density at radius 3 is 2.26 bits per heavy atom. The zero-order valence-electron chi connectivity index (χ0n) is 38.1. The number of hydrogen-bond donors (Lipinski definition) is 12. The monoisotopic (exact) mass is 941 g/mol. The first-order valence-corrected chi connectivity index (χ1v) is 23.7. The van der Waals surface area contributed by atoms with Gasteiger partial charge >= 0.3 is 6.03 Å². The number of amides is 10. The molecule has 10 amide bonds. The quantitative estimate of drug-likeness (QED) is 0.0235. The summed E-state index contributed by atoms with van der Waals surface area (Å²) in [4.78, 5) is 118. The number of urea groups is 1. The molecule has 2 aliphatic rings. The molecule has 1 aromatic heterocycles. The fraction of sp³-hybridized carbons (Fsp3) is 0.614. The van der Waals surface area contributed by atoms with Crippen LogP contribution in [0.3, 0.4) is 0 Å². The van der Waals surface area contributed by atoms with Gasteiger partial charge in [0, 0.05) is 59.8 Å². The van der Waals surface area contributed by atoms with E-state index in [0.717, 1.165) is 35.9 Å². The van der Waals surface area contributed by atoms with Crippen LogP contribution >= 0.6 is 11.8 Å². The van der Waals surface area contributed by atoms with Crippen molar-refractivity contribution in [1.29, 1.82) is 0 Å². The highest BCUT2D eigenvalue weighted by molar-refractivity contribution is 8.00. The van der Waals surface area contributed by atoms with Gasteiger partial charge < -0.3 is 53.3 Å². The molecule has 0 saturated carbocycles. The summed E-state index contributed by atoms with van der Waals surface area (Å²) in [7, 11) is 0. The van der Waals surface area contributed by atoms with Crippen molar-refractivity contribution in [3.8, 4) is 0 Å². The number of rotatable bonds is 28. The number of para-hydroxylation sites is 1. The zero-order valence-corrected chi connectivity index (χ0v) is 38.9. The molecule has 1 unspecified atom stereocenters. The van der Waals surface area contributed by atoms with Gasteiger partial charge in [-0.2, -0.15) is 11.8 Å². The molecule has 2 aliphatic heterocycles. The number of benzene rings is 1. The van der Waals surface area contributed by atoms with E-state index in [1.165, 1.54) is 5.48 Å². The van der Waals surface area contributed by atoms with Crippen LogP contribution in [0, 0.1) is 17.8 Å². The van der Waals surface area contributed by atoms with Crippen LogP contribution in [-0.4, -0.2) is 124 Å². The Balaban J connectivity index is 1.22. The molecule has 1 aromatic carbocycles. The Morgan fingerprint density at radius 2 is 1.55 bits per heavy atom. The van der Waals surface area contributed by atoms with E-state index in [9.17, 15) is 43.2 Å². The number of primary amides is 1. The van der Waals surface area contributed by atoms with Crippen molar-refractivity contribution in [2.45, 2.75) is 127 Å². The third kappa shape index (κ3) is 16.8. The Labute approximate surface area is 388 Å². The second-order valence-corrected chi connectivity index (χ2v) is 18.9. The van der Waals surface area contributed by atoms with E-state index in [4.69, 9.17) is 10.9 Å². The molecule has 13 N–H and O–H groups in total. The van der Waals surface area contributed by atoms with Crippen LogP contribution in [0.5, 0.6) is 0 Å². The molecule has 21 nitrogen and oxygen atoms in total. The summed E-state index contributed by atoms with van der Waals surface area (Å²) in [6.07, 6.45) is 5.81.